The molecule has 8 nitrogen and oxygen atoms in total. The van der Waals surface area contributed by atoms with Crippen molar-refractivity contribution in [1.29, 1.82) is 0 Å². The Labute approximate surface area is 171 Å². The number of aromatic amines is 1. The first-order chi connectivity index (χ1) is 14.5. The van der Waals surface area contributed by atoms with E-state index in [-0.39, 0.29) is 11.6 Å². The summed E-state index contributed by atoms with van der Waals surface area (Å²) in [6, 6.07) is 21.0. The molecule has 4 rings (SSSR count). The molecule has 2 aromatic carbocycles. The van der Waals surface area contributed by atoms with Crippen LogP contribution in [0.2, 0.25) is 0 Å². The SMILES string of the molecule is Cc1nc(-c2ccccc2)ccc1C(=O)Nc1cc(-c2cccc([N+](=O)[O-])c2)[nH]n1. The van der Waals surface area contributed by atoms with E-state index in [2.05, 4.69) is 20.5 Å². The van der Waals surface area contributed by atoms with Crippen LogP contribution in [0, 0.1) is 17.0 Å². The molecule has 1 amide bonds. The summed E-state index contributed by atoms with van der Waals surface area (Å²) in [7, 11) is 0. The van der Waals surface area contributed by atoms with Gasteiger partial charge in [-0.1, -0.05) is 42.5 Å². The molecule has 0 radical (unpaired) electrons. The maximum Gasteiger partial charge on any atom is 0.270 e. The number of nitro groups is 1. The maximum absolute atomic E-state index is 12.7. The fraction of sp³-hybridized carbons (Fsp3) is 0.0455. The highest BCUT2D eigenvalue weighted by molar-refractivity contribution is 6.04. The van der Waals surface area contributed by atoms with Crippen molar-refractivity contribution < 1.29 is 9.72 Å². The van der Waals surface area contributed by atoms with E-state index in [0.717, 1.165) is 11.3 Å². The predicted molar refractivity (Wildman–Crippen MR) is 113 cm³/mol. The number of nitrogens with zero attached hydrogens (tertiary/aromatic N) is 3. The van der Waals surface area contributed by atoms with Gasteiger partial charge in [-0.3, -0.25) is 25.0 Å². The highest BCUT2D eigenvalue weighted by atomic mass is 16.6. The largest absolute Gasteiger partial charge is 0.305 e. The monoisotopic (exact) mass is 399 g/mol. The summed E-state index contributed by atoms with van der Waals surface area (Å²) < 4.78 is 0. The van der Waals surface area contributed by atoms with Crippen LogP contribution in [0.1, 0.15) is 16.1 Å². The van der Waals surface area contributed by atoms with E-state index in [9.17, 15) is 14.9 Å². The number of benzene rings is 2. The molecule has 0 unspecified atom stereocenters. The Balaban J connectivity index is 1.52. The molecule has 0 saturated heterocycles. The van der Waals surface area contributed by atoms with Gasteiger partial charge in [0.2, 0.25) is 0 Å². The van der Waals surface area contributed by atoms with E-state index in [1.807, 2.05) is 30.3 Å². The Morgan fingerprint density at radius 2 is 1.77 bits per heavy atom. The van der Waals surface area contributed by atoms with Crippen molar-refractivity contribution in [2.45, 2.75) is 6.92 Å². The first kappa shape index (κ1) is 19.0. The van der Waals surface area contributed by atoms with Gasteiger partial charge in [-0.05, 0) is 19.1 Å². The van der Waals surface area contributed by atoms with E-state index >= 15 is 0 Å². The lowest BCUT2D eigenvalue weighted by Crippen LogP contribution is -2.14. The third-order valence-corrected chi connectivity index (χ3v) is 4.59. The minimum Gasteiger partial charge on any atom is -0.305 e. The van der Waals surface area contributed by atoms with Crippen molar-refractivity contribution in [2.24, 2.45) is 0 Å². The Hall–Kier alpha value is -4.33. The molecule has 4 aromatic rings. The molecule has 0 fully saturated rings. The number of nitrogens with one attached hydrogen (secondary N) is 2. The Morgan fingerprint density at radius 1 is 1.00 bits per heavy atom. The van der Waals surface area contributed by atoms with Crippen molar-refractivity contribution in [1.82, 2.24) is 15.2 Å². The normalized spacial score (nSPS) is 10.6. The number of carbonyl (C=O) groups excluding carboxylic acids is 1. The molecule has 2 aromatic heterocycles. The molecular formula is C22H17N5O3. The molecule has 0 spiro atoms. The minimum atomic E-state index is -0.461. The lowest BCUT2D eigenvalue weighted by molar-refractivity contribution is -0.384. The van der Waals surface area contributed by atoms with Gasteiger partial charge in [0.25, 0.3) is 11.6 Å². The van der Waals surface area contributed by atoms with Crippen LogP contribution in [0.4, 0.5) is 11.5 Å². The smallest absolute Gasteiger partial charge is 0.270 e. The molecular weight excluding hydrogens is 382 g/mol. The Bertz CT molecular complexity index is 1230. The van der Waals surface area contributed by atoms with Crippen LogP contribution in [0.5, 0.6) is 0 Å². The van der Waals surface area contributed by atoms with E-state index in [4.69, 9.17) is 0 Å². The Kier molecular flexibility index (Phi) is 5.04. The van der Waals surface area contributed by atoms with Gasteiger partial charge in [-0.15, -0.1) is 0 Å². The summed E-state index contributed by atoms with van der Waals surface area (Å²) in [5.74, 6) is -0.0234. The molecule has 2 N–H and O–H groups in total. The fourth-order valence-electron chi connectivity index (χ4n) is 3.08. The number of rotatable bonds is 5. The molecule has 0 atom stereocenters. The molecule has 0 aliphatic carbocycles. The van der Waals surface area contributed by atoms with Crippen LogP contribution >= 0.6 is 0 Å². The number of pyridine rings is 1. The molecule has 0 saturated carbocycles. The molecule has 0 aliphatic heterocycles. The number of nitro benzene ring substituents is 1. The van der Waals surface area contributed by atoms with E-state index in [0.29, 0.717) is 28.3 Å². The number of non-ortho nitro benzene ring substituents is 1. The Morgan fingerprint density at radius 3 is 2.50 bits per heavy atom. The molecule has 0 aliphatic rings. The van der Waals surface area contributed by atoms with Gasteiger partial charge in [-0.2, -0.15) is 5.10 Å². The van der Waals surface area contributed by atoms with Crippen molar-refractivity contribution in [2.75, 3.05) is 5.32 Å². The van der Waals surface area contributed by atoms with Gasteiger partial charge < -0.3 is 5.32 Å². The summed E-state index contributed by atoms with van der Waals surface area (Å²) in [6.45, 7) is 1.78. The van der Waals surface area contributed by atoms with Crippen LogP contribution in [-0.4, -0.2) is 26.0 Å². The molecule has 0 bridgehead atoms. The number of amides is 1. The third-order valence-electron chi connectivity index (χ3n) is 4.59. The second kappa shape index (κ2) is 7.96. The quantitative estimate of drug-likeness (QED) is 0.376. The minimum absolute atomic E-state index is 0.0205. The number of hydrogen-bond acceptors (Lipinski definition) is 5. The van der Waals surface area contributed by atoms with Crippen LogP contribution in [-0.2, 0) is 0 Å². The van der Waals surface area contributed by atoms with Gasteiger partial charge in [0.1, 0.15) is 0 Å². The lowest BCUT2D eigenvalue weighted by atomic mass is 10.1. The first-order valence-corrected chi connectivity index (χ1v) is 9.16. The predicted octanol–water partition coefficient (Wildman–Crippen LogP) is 4.61. The topological polar surface area (TPSA) is 114 Å². The van der Waals surface area contributed by atoms with E-state index in [1.54, 1.807) is 37.3 Å². The summed E-state index contributed by atoms with van der Waals surface area (Å²) in [5, 5.41) is 20.6. The number of aryl methyl sites for hydroxylation is 1. The van der Waals surface area contributed by atoms with Crippen LogP contribution in [0.15, 0.2) is 72.8 Å². The first-order valence-electron chi connectivity index (χ1n) is 9.16. The molecule has 30 heavy (non-hydrogen) atoms. The van der Waals surface area contributed by atoms with Crippen molar-refractivity contribution in [3.8, 4) is 22.5 Å². The van der Waals surface area contributed by atoms with Gasteiger partial charge in [0.05, 0.1) is 27.6 Å². The van der Waals surface area contributed by atoms with Gasteiger partial charge in [-0.25, -0.2) is 0 Å². The van der Waals surface area contributed by atoms with Crippen LogP contribution in [0.25, 0.3) is 22.5 Å². The summed E-state index contributed by atoms with van der Waals surface area (Å²) in [6.07, 6.45) is 0. The fourth-order valence-corrected chi connectivity index (χ4v) is 3.08. The van der Waals surface area contributed by atoms with Crippen LogP contribution < -0.4 is 5.32 Å². The summed E-state index contributed by atoms with van der Waals surface area (Å²) >= 11 is 0. The summed E-state index contributed by atoms with van der Waals surface area (Å²) in [4.78, 5) is 27.7. The van der Waals surface area contributed by atoms with Crippen molar-refractivity contribution in [3.63, 3.8) is 0 Å². The highest BCUT2D eigenvalue weighted by Gasteiger charge is 2.14. The summed E-state index contributed by atoms with van der Waals surface area (Å²) in [5.41, 5.74) is 3.94. The lowest BCUT2D eigenvalue weighted by Gasteiger charge is -2.07. The number of aromatic nitrogens is 3. The third kappa shape index (κ3) is 3.93. The van der Waals surface area contributed by atoms with E-state index < -0.39 is 4.92 Å². The average molecular weight is 399 g/mol. The standard InChI is InChI=1S/C22H17N5O3/c1-14-18(10-11-19(23-14)15-6-3-2-4-7-15)22(28)24-21-13-20(25-26-21)16-8-5-9-17(12-16)27(29)30/h2-13H,1H3,(H2,24,25,26,28). The average Bonchev–Trinajstić information content (AvgIpc) is 3.22. The number of anilines is 1. The second-order valence-electron chi connectivity index (χ2n) is 6.62. The molecule has 8 heteroatoms. The molecule has 2 heterocycles. The van der Waals surface area contributed by atoms with Gasteiger partial charge >= 0.3 is 0 Å². The number of carbonyl (C=O) groups is 1. The number of hydrogen-bond donors (Lipinski definition) is 2. The van der Waals surface area contributed by atoms with E-state index in [1.165, 1.54) is 12.1 Å². The molecule has 148 valence electrons. The zero-order chi connectivity index (χ0) is 21.1. The van der Waals surface area contributed by atoms with Crippen LogP contribution in [0.3, 0.4) is 0 Å². The van der Waals surface area contributed by atoms with Gasteiger partial charge in [0, 0.05) is 29.3 Å². The highest BCUT2D eigenvalue weighted by Crippen LogP contribution is 2.24. The maximum atomic E-state index is 12.7. The number of H-pyrrole nitrogens is 1. The van der Waals surface area contributed by atoms with Gasteiger partial charge in [0.15, 0.2) is 5.82 Å². The van der Waals surface area contributed by atoms with Crippen molar-refractivity contribution in [3.05, 3.63) is 94.2 Å². The second-order valence-corrected chi connectivity index (χ2v) is 6.62. The zero-order valence-corrected chi connectivity index (χ0v) is 16.0. The zero-order valence-electron chi connectivity index (χ0n) is 16.0. The van der Waals surface area contributed by atoms with Crippen molar-refractivity contribution >= 4 is 17.4 Å².